The van der Waals surface area contributed by atoms with Gasteiger partial charge >= 0.3 is 5.97 Å². The van der Waals surface area contributed by atoms with E-state index in [1.54, 1.807) is 17.5 Å². The number of thiophene rings is 1. The standard InChI is InChI=1S/C25H20N6O2S/c1-14-13-34-25-22(14)23(28-20(9-21(32)33-3)24-30-29-15(2)31(24)25)19-7-5-4-6-18(19)17-8-16(10-26)11-27-12-17/h4-8,11-13,20H,9H2,1-3H3/t20-/m0/s1. The molecular weight excluding hydrogens is 448 g/mol. The quantitative estimate of drug-likeness (QED) is 0.413. The molecule has 0 radical (unpaired) electrons. The Morgan fingerprint density at radius 1 is 1.21 bits per heavy atom. The molecule has 8 nitrogen and oxygen atoms in total. The van der Waals surface area contributed by atoms with Crippen LogP contribution in [0.2, 0.25) is 0 Å². The summed E-state index contributed by atoms with van der Waals surface area (Å²) in [6.07, 6.45) is 3.32. The molecule has 0 aliphatic carbocycles. The predicted molar refractivity (Wildman–Crippen MR) is 128 cm³/mol. The molecule has 0 saturated heterocycles. The molecule has 0 N–H and O–H groups in total. The van der Waals surface area contributed by atoms with Crippen molar-refractivity contribution in [1.29, 1.82) is 5.26 Å². The normalized spacial score (nSPS) is 14.4. The lowest BCUT2D eigenvalue weighted by Gasteiger charge is -2.15. The second-order valence-corrected chi connectivity index (χ2v) is 8.79. The molecule has 1 atom stereocenters. The molecule has 4 heterocycles. The fraction of sp³-hybridized carbons (Fsp3) is 0.200. The van der Waals surface area contributed by atoms with Gasteiger partial charge in [-0.15, -0.1) is 21.5 Å². The van der Waals surface area contributed by atoms with Crippen LogP contribution in [0.1, 0.15) is 46.4 Å². The summed E-state index contributed by atoms with van der Waals surface area (Å²) in [6, 6.07) is 11.3. The number of hydrogen-bond donors (Lipinski definition) is 0. The summed E-state index contributed by atoms with van der Waals surface area (Å²) in [4.78, 5) is 21.7. The second kappa shape index (κ2) is 8.65. The smallest absolute Gasteiger partial charge is 0.308 e. The zero-order chi connectivity index (χ0) is 23.8. The fourth-order valence-electron chi connectivity index (χ4n) is 4.18. The number of fused-ring (bicyclic) bond motifs is 3. The maximum atomic E-state index is 12.3. The van der Waals surface area contributed by atoms with Crippen LogP contribution < -0.4 is 0 Å². The molecule has 0 saturated carbocycles. The highest BCUT2D eigenvalue weighted by Crippen LogP contribution is 2.39. The zero-order valence-corrected chi connectivity index (χ0v) is 19.6. The Balaban J connectivity index is 1.78. The van der Waals surface area contributed by atoms with Gasteiger partial charge in [0.15, 0.2) is 5.82 Å². The number of hydrogen-bond acceptors (Lipinski definition) is 8. The van der Waals surface area contributed by atoms with Crippen LogP contribution in [0.3, 0.4) is 0 Å². The topological polar surface area (TPSA) is 106 Å². The lowest BCUT2D eigenvalue weighted by atomic mass is 9.92. The molecule has 168 valence electrons. The van der Waals surface area contributed by atoms with E-state index in [4.69, 9.17) is 9.73 Å². The summed E-state index contributed by atoms with van der Waals surface area (Å²) in [5.41, 5.74) is 5.87. The minimum absolute atomic E-state index is 0.0414. The average molecular weight is 469 g/mol. The lowest BCUT2D eigenvalue weighted by Crippen LogP contribution is -2.12. The van der Waals surface area contributed by atoms with Crippen LogP contribution >= 0.6 is 11.3 Å². The van der Waals surface area contributed by atoms with Crippen LogP contribution in [0, 0.1) is 25.2 Å². The molecule has 0 fully saturated rings. The number of nitriles is 1. The number of benzene rings is 1. The minimum atomic E-state index is -0.570. The van der Waals surface area contributed by atoms with E-state index in [2.05, 4.69) is 26.6 Å². The van der Waals surface area contributed by atoms with Crippen molar-refractivity contribution in [3.63, 3.8) is 0 Å². The highest BCUT2D eigenvalue weighted by molar-refractivity contribution is 7.13. The average Bonchev–Trinajstić information content (AvgIpc) is 3.39. The minimum Gasteiger partial charge on any atom is -0.469 e. The van der Waals surface area contributed by atoms with E-state index in [0.717, 1.165) is 44.4 Å². The van der Waals surface area contributed by atoms with Crippen LogP contribution in [0.15, 0.2) is 53.1 Å². The summed E-state index contributed by atoms with van der Waals surface area (Å²) < 4.78 is 6.94. The van der Waals surface area contributed by atoms with Crippen molar-refractivity contribution in [3.05, 3.63) is 82.0 Å². The Kier molecular flexibility index (Phi) is 5.51. The Labute approximate surface area is 200 Å². The summed E-state index contributed by atoms with van der Waals surface area (Å²) in [6.45, 7) is 3.94. The van der Waals surface area contributed by atoms with Gasteiger partial charge in [-0.05, 0) is 36.4 Å². The van der Waals surface area contributed by atoms with Gasteiger partial charge in [0.2, 0.25) is 0 Å². The first-order valence-corrected chi connectivity index (χ1v) is 11.5. The SMILES string of the molecule is COC(=O)C[C@@H]1N=C(c2ccccc2-c2cncc(C#N)c2)c2c(C)csc2-n2c(C)nnc21. The largest absolute Gasteiger partial charge is 0.469 e. The molecule has 4 aromatic rings. The number of rotatable bonds is 4. The third-order valence-electron chi connectivity index (χ3n) is 5.78. The van der Waals surface area contributed by atoms with Crippen LogP contribution in [0.4, 0.5) is 0 Å². The fourth-order valence-corrected chi connectivity index (χ4v) is 5.29. The van der Waals surface area contributed by atoms with Crippen LogP contribution in [-0.4, -0.2) is 38.5 Å². The van der Waals surface area contributed by atoms with Gasteiger partial charge in [0.05, 0.1) is 24.8 Å². The maximum absolute atomic E-state index is 12.3. The number of carbonyl (C=O) groups is 1. The molecule has 1 aliphatic heterocycles. The maximum Gasteiger partial charge on any atom is 0.308 e. The molecule has 0 bridgehead atoms. The van der Waals surface area contributed by atoms with E-state index >= 15 is 0 Å². The van der Waals surface area contributed by atoms with Crippen molar-refractivity contribution in [2.75, 3.05) is 7.11 Å². The summed E-state index contributed by atoms with van der Waals surface area (Å²) in [5, 5.41) is 21.1. The third kappa shape index (κ3) is 3.58. The third-order valence-corrected chi connectivity index (χ3v) is 6.86. The number of nitrogens with zero attached hydrogens (tertiary/aromatic N) is 6. The predicted octanol–water partition coefficient (Wildman–Crippen LogP) is 4.33. The van der Waals surface area contributed by atoms with E-state index in [-0.39, 0.29) is 12.4 Å². The van der Waals surface area contributed by atoms with Gasteiger partial charge in [-0.2, -0.15) is 5.26 Å². The molecular formula is C25H20N6O2S. The number of aromatic nitrogens is 4. The van der Waals surface area contributed by atoms with Crippen LogP contribution in [0.5, 0.6) is 0 Å². The zero-order valence-electron chi connectivity index (χ0n) is 18.8. The van der Waals surface area contributed by atoms with E-state index in [9.17, 15) is 10.1 Å². The molecule has 0 spiro atoms. The van der Waals surface area contributed by atoms with Crippen LogP contribution in [0.25, 0.3) is 16.1 Å². The lowest BCUT2D eigenvalue weighted by molar-refractivity contribution is -0.141. The monoisotopic (exact) mass is 468 g/mol. The van der Waals surface area contributed by atoms with Crippen molar-refractivity contribution in [2.45, 2.75) is 26.3 Å². The van der Waals surface area contributed by atoms with Crippen LogP contribution in [-0.2, 0) is 9.53 Å². The van der Waals surface area contributed by atoms with Gasteiger partial charge < -0.3 is 4.74 Å². The van der Waals surface area contributed by atoms with Gasteiger partial charge in [-0.25, -0.2) is 0 Å². The molecule has 3 aromatic heterocycles. The molecule has 0 amide bonds. The van der Waals surface area contributed by atoms with Gasteiger partial charge in [-0.1, -0.05) is 24.3 Å². The number of pyridine rings is 1. The Morgan fingerprint density at radius 3 is 2.76 bits per heavy atom. The number of carbonyl (C=O) groups excluding carboxylic acids is 1. The van der Waals surface area contributed by atoms with Crippen molar-refractivity contribution < 1.29 is 9.53 Å². The van der Waals surface area contributed by atoms with Gasteiger partial charge in [0.25, 0.3) is 0 Å². The molecule has 1 aromatic carbocycles. The summed E-state index contributed by atoms with van der Waals surface area (Å²) >= 11 is 1.59. The molecule has 5 rings (SSSR count). The van der Waals surface area contributed by atoms with Crippen molar-refractivity contribution >= 4 is 23.0 Å². The van der Waals surface area contributed by atoms with Gasteiger partial charge in [0.1, 0.15) is 22.9 Å². The molecule has 0 unspecified atom stereocenters. The van der Waals surface area contributed by atoms with E-state index in [0.29, 0.717) is 11.4 Å². The molecule has 9 heteroatoms. The van der Waals surface area contributed by atoms with Crippen molar-refractivity contribution in [2.24, 2.45) is 4.99 Å². The summed E-state index contributed by atoms with van der Waals surface area (Å²) in [7, 11) is 1.37. The highest BCUT2D eigenvalue weighted by atomic mass is 32.1. The number of aryl methyl sites for hydroxylation is 2. The van der Waals surface area contributed by atoms with E-state index in [1.165, 1.54) is 13.3 Å². The first-order chi connectivity index (χ1) is 16.5. The van der Waals surface area contributed by atoms with Crippen molar-refractivity contribution in [1.82, 2.24) is 19.7 Å². The highest BCUT2D eigenvalue weighted by Gasteiger charge is 2.32. The Morgan fingerprint density at radius 2 is 2.00 bits per heavy atom. The number of ether oxygens (including phenoxy) is 1. The number of aliphatic imine (C=N–C) groups is 1. The first kappa shape index (κ1) is 21.7. The summed E-state index contributed by atoms with van der Waals surface area (Å²) in [5.74, 6) is 0.955. The van der Waals surface area contributed by atoms with E-state index in [1.807, 2.05) is 48.7 Å². The van der Waals surface area contributed by atoms with Gasteiger partial charge in [-0.3, -0.25) is 19.3 Å². The number of methoxy groups -OCH3 is 1. The molecule has 1 aliphatic rings. The Hall–Kier alpha value is -4.16. The van der Waals surface area contributed by atoms with E-state index < -0.39 is 6.04 Å². The first-order valence-electron chi connectivity index (χ1n) is 10.6. The number of esters is 1. The van der Waals surface area contributed by atoms with Crippen molar-refractivity contribution in [3.8, 4) is 22.2 Å². The Bertz CT molecular complexity index is 1490. The second-order valence-electron chi connectivity index (χ2n) is 7.93. The molecule has 34 heavy (non-hydrogen) atoms. The van der Waals surface area contributed by atoms with Gasteiger partial charge in [0, 0.05) is 29.1 Å².